The first-order valence-electron chi connectivity index (χ1n) is 6.18. The normalized spacial score (nSPS) is 9.60. The molecule has 3 heteroatoms. The van der Waals surface area contributed by atoms with Crippen molar-refractivity contribution < 1.29 is 9.47 Å². The zero-order chi connectivity index (χ0) is 14.4. The van der Waals surface area contributed by atoms with Crippen LogP contribution in [-0.4, -0.2) is 7.11 Å². The van der Waals surface area contributed by atoms with Crippen LogP contribution in [0.2, 0.25) is 0 Å². The minimum Gasteiger partial charge on any atom is -0.497 e. The molecule has 3 nitrogen and oxygen atoms in total. The fraction of sp³-hybridized carbons (Fsp3) is 0.118. The van der Waals surface area contributed by atoms with Crippen LogP contribution in [0.4, 0.5) is 0 Å². The molecule has 2 aromatic rings. The second-order valence-electron chi connectivity index (χ2n) is 4.24. The number of ether oxygens (including phenoxy) is 2. The van der Waals surface area contributed by atoms with E-state index in [4.69, 9.17) is 14.7 Å². The molecule has 0 radical (unpaired) electrons. The molecule has 0 N–H and O–H groups in total. The topological polar surface area (TPSA) is 42.2 Å². The largest absolute Gasteiger partial charge is 0.497 e. The first-order chi connectivity index (χ1) is 9.75. The van der Waals surface area contributed by atoms with Crippen molar-refractivity contribution in [2.24, 2.45) is 0 Å². The zero-order valence-corrected chi connectivity index (χ0v) is 11.3. The monoisotopic (exact) mass is 265 g/mol. The molecule has 0 saturated heterocycles. The highest BCUT2D eigenvalue weighted by molar-refractivity contribution is 5.54. The van der Waals surface area contributed by atoms with Crippen molar-refractivity contribution in [2.75, 3.05) is 7.11 Å². The molecule has 0 aliphatic rings. The van der Waals surface area contributed by atoms with Gasteiger partial charge in [0.25, 0.3) is 0 Å². The Morgan fingerprint density at radius 3 is 2.50 bits per heavy atom. The lowest BCUT2D eigenvalue weighted by atomic mass is 10.1. The molecule has 0 atom stereocenters. The molecular weight excluding hydrogens is 250 g/mol. The summed E-state index contributed by atoms with van der Waals surface area (Å²) in [5.41, 5.74) is 2.47. The summed E-state index contributed by atoms with van der Waals surface area (Å²) in [5, 5.41) is 8.97. The van der Waals surface area contributed by atoms with Crippen LogP contribution in [0, 0.1) is 11.3 Å². The smallest absolute Gasteiger partial charge is 0.121 e. The molecule has 0 unspecified atom stereocenters. The maximum Gasteiger partial charge on any atom is 0.121 e. The Balaban J connectivity index is 2.09. The Bertz CT molecular complexity index is 639. The van der Waals surface area contributed by atoms with E-state index in [2.05, 4.69) is 12.6 Å². The number of methoxy groups -OCH3 is 1. The van der Waals surface area contributed by atoms with Gasteiger partial charge in [-0.3, -0.25) is 0 Å². The predicted molar refractivity (Wildman–Crippen MR) is 78.6 cm³/mol. The van der Waals surface area contributed by atoms with E-state index in [0.717, 1.165) is 16.9 Å². The minimum absolute atomic E-state index is 0.440. The van der Waals surface area contributed by atoms with Gasteiger partial charge in [-0.15, -0.1) is 0 Å². The van der Waals surface area contributed by atoms with E-state index in [1.54, 1.807) is 25.3 Å². The van der Waals surface area contributed by atoms with E-state index in [9.17, 15) is 0 Å². The van der Waals surface area contributed by atoms with Gasteiger partial charge in [0.1, 0.15) is 18.1 Å². The van der Waals surface area contributed by atoms with E-state index in [0.29, 0.717) is 17.9 Å². The Kier molecular flexibility index (Phi) is 4.41. The molecule has 0 aromatic heterocycles. The van der Waals surface area contributed by atoms with Crippen LogP contribution in [0.3, 0.4) is 0 Å². The lowest BCUT2D eigenvalue weighted by Crippen LogP contribution is -1.96. The Labute approximate surface area is 118 Å². The highest BCUT2D eigenvalue weighted by Crippen LogP contribution is 2.20. The minimum atomic E-state index is 0.440. The summed E-state index contributed by atoms with van der Waals surface area (Å²) in [4.78, 5) is 0. The van der Waals surface area contributed by atoms with Crippen molar-refractivity contribution in [1.29, 1.82) is 5.26 Å². The lowest BCUT2D eigenvalue weighted by Gasteiger charge is -2.08. The first-order valence-corrected chi connectivity index (χ1v) is 6.18. The average Bonchev–Trinajstić information content (AvgIpc) is 2.53. The van der Waals surface area contributed by atoms with Gasteiger partial charge in [-0.1, -0.05) is 24.8 Å². The van der Waals surface area contributed by atoms with Gasteiger partial charge in [-0.25, -0.2) is 0 Å². The fourth-order valence-electron chi connectivity index (χ4n) is 1.78. The van der Waals surface area contributed by atoms with Crippen molar-refractivity contribution in [3.05, 3.63) is 65.7 Å². The lowest BCUT2D eigenvalue weighted by molar-refractivity contribution is 0.306. The summed E-state index contributed by atoms with van der Waals surface area (Å²) in [5.74, 6) is 1.48. The molecule has 0 fully saturated rings. The van der Waals surface area contributed by atoms with Gasteiger partial charge in [0.2, 0.25) is 0 Å². The van der Waals surface area contributed by atoms with Crippen LogP contribution in [0.5, 0.6) is 11.5 Å². The fourth-order valence-corrected chi connectivity index (χ4v) is 1.78. The SMILES string of the molecule is C=Cc1cc(C#N)cc(OCc2ccc(OC)cc2)c1. The van der Waals surface area contributed by atoms with Crippen molar-refractivity contribution in [3.8, 4) is 17.6 Å². The van der Waals surface area contributed by atoms with Crippen molar-refractivity contribution >= 4 is 6.08 Å². The second-order valence-corrected chi connectivity index (χ2v) is 4.24. The van der Waals surface area contributed by atoms with Gasteiger partial charge in [0, 0.05) is 0 Å². The van der Waals surface area contributed by atoms with E-state index in [1.165, 1.54) is 0 Å². The van der Waals surface area contributed by atoms with Crippen molar-refractivity contribution in [1.82, 2.24) is 0 Å². The van der Waals surface area contributed by atoms with Crippen molar-refractivity contribution in [3.63, 3.8) is 0 Å². The number of hydrogen-bond donors (Lipinski definition) is 0. The molecule has 0 saturated carbocycles. The van der Waals surface area contributed by atoms with Crippen LogP contribution < -0.4 is 9.47 Å². The quantitative estimate of drug-likeness (QED) is 0.826. The molecule has 100 valence electrons. The van der Waals surface area contributed by atoms with E-state index < -0.39 is 0 Å². The zero-order valence-electron chi connectivity index (χ0n) is 11.3. The van der Waals surface area contributed by atoms with Gasteiger partial charge in [-0.2, -0.15) is 5.26 Å². The number of nitrogens with zero attached hydrogens (tertiary/aromatic N) is 1. The third-order valence-electron chi connectivity index (χ3n) is 2.86. The molecule has 2 rings (SSSR count). The van der Waals surface area contributed by atoms with Crippen LogP contribution in [0.25, 0.3) is 6.08 Å². The maximum atomic E-state index is 8.97. The number of hydrogen-bond acceptors (Lipinski definition) is 3. The van der Waals surface area contributed by atoms with E-state index in [1.807, 2.05) is 30.3 Å². The van der Waals surface area contributed by atoms with Crippen molar-refractivity contribution in [2.45, 2.75) is 6.61 Å². The number of benzene rings is 2. The molecular formula is C17H15NO2. The highest BCUT2D eigenvalue weighted by atomic mass is 16.5. The highest BCUT2D eigenvalue weighted by Gasteiger charge is 2.01. The van der Waals surface area contributed by atoms with E-state index in [-0.39, 0.29) is 0 Å². The Morgan fingerprint density at radius 2 is 1.90 bits per heavy atom. The second kappa shape index (κ2) is 6.44. The van der Waals surface area contributed by atoms with Gasteiger partial charge < -0.3 is 9.47 Å². The number of nitriles is 1. The molecule has 0 bridgehead atoms. The first kappa shape index (κ1) is 13.7. The predicted octanol–water partition coefficient (Wildman–Crippen LogP) is 3.79. The van der Waals surface area contributed by atoms with Gasteiger partial charge >= 0.3 is 0 Å². The Hall–Kier alpha value is -2.73. The number of rotatable bonds is 5. The third-order valence-corrected chi connectivity index (χ3v) is 2.86. The van der Waals surface area contributed by atoms with Crippen LogP contribution in [-0.2, 0) is 6.61 Å². The third kappa shape index (κ3) is 3.39. The van der Waals surface area contributed by atoms with Gasteiger partial charge in [-0.05, 0) is 41.5 Å². The van der Waals surface area contributed by atoms with Gasteiger partial charge in [0.05, 0.1) is 18.7 Å². The Morgan fingerprint density at radius 1 is 1.15 bits per heavy atom. The molecule has 20 heavy (non-hydrogen) atoms. The standard InChI is InChI=1S/C17H15NO2/c1-3-13-8-15(11-18)10-17(9-13)20-12-14-4-6-16(19-2)7-5-14/h3-10H,1,12H2,2H3. The summed E-state index contributed by atoms with van der Waals surface area (Å²) in [6.45, 7) is 4.15. The summed E-state index contributed by atoms with van der Waals surface area (Å²) in [6.07, 6.45) is 1.70. The molecule has 2 aromatic carbocycles. The summed E-state index contributed by atoms with van der Waals surface area (Å²) in [7, 11) is 1.63. The molecule has 0 amide bonds. The van der Waals surface area contributed by atoms with Crippen LogP contribution >= 0.6 is 0 Å². The molecule has 0 heterocycles. The molecule has 0 aliphatic carbocycles. The maximum absolute atomic E-state index is 8.97. The summed E-state index contributed by atoms with van der Waals surface area (Å²) < 4.78 is 10.8. The van der Waals surface area contributed by atoms with Crippen LogP contribution in [0.1, 0.15) is 16.7 Å². The molecule has 0 aliphatic heterocycles. The van der Waals surface area contributed by atoms with Crippen LogP contribution in [0.15, 0.2) is 49.0 Å². The summed E-state index contributed by atoms with van der Waals surface area (Å²) >= 11 is 0. The summed E-state index contributed by atoms with van der Waals surface area (Å²) in [6, 6.07) is 15.1. The van der Waals surface area contributed by atoms with Gasteiger partial charge in [0.15, 0.2) is 0 Å². The molecule has 0 spiro atoms. The average molecular weight is 265 g/mol. The van der Waals surface area contributed by atoms with E-state index >= 15 is 0 Å².